The molecule has 0 saturated heterocycles. The minimum Gasteiger partial charge on any atom is -0.421 e. The lowest BCUT2D eigenvalue weighted by molar-refractivity contribution is 0.705. The standard InChI is InChI=1S/C16H12BOP/c17-18-19(14-9-2-1-3-10-14)16-12-6-8-13-7-4-5-11-15(13)16/h1-12H/t19-/m1/s1. The van der Waals surface area contributed by atoms with Gasteiger partial charge in [-0.05, 0) is 10.8 Å². The second-order valence-electron chi connectivity index (χ2n) is 4.23. The molecule has 0 spiro atoms. The molecular formula is C16H12BOP. The molecule has 0 aliphatic heterocycles. The van der Waals surface area contributed by atoms with Crippen LogP contribution in [0, 0.1) is 0 Å². The van der Waals surface area contributed by atoms with Gasteiger partial charge < -0.3 is 4.44 Å². The van der Waals surface area contributed by atoms with E-state index in [0.29, 0.717) is 0 Å². The molecule has 0 heterocycles. The smallest absolute Gasteiger partial charge is 0.289 e. The Morgan fingerprint density at radius 3 is 2.21 bits per heavy atom. The first-order valence-electron chi connectivity index (χ1n) is 6.10. The van der Waals surface area contributed by atoms with Gasteiger partial charge in [-0.3, -0.25) is 0 Å². The first-order valence-corrected chi connectivity index (χ1v) is 7.36. The van der Waals surface area contributed by atoms with Crippen LogP contribution in [-0.4, -0.2) is 8.05 Å². The minimum atomic E-state index is -0.971. The van der Waals surface area contributed by atoms with Crippen LogP contribution >= 0.6 is 8.15 Å². The van der Waals surface area contributed by atoms with Crippen molar-refractivity contribution in [3.63, 3.8) is 0 Å². The number of hydrogen-bond donors (Lipinski definition) is 0. The Hall–Kier alpha value is -1.63. The lowest BCUT2D eigenvalue weighted by atomic mass is 10.1. The van der Waals surface area contributed by atoms with Gasteiger partial charge in [-0.1, -0.05) is 72.8 Å². The summed E-state index contributed by atoms with van der Waals surface area (Å²) < 4.78 is 5.30. The van der Waals surface area contributed by atoms with Gasteiger partial charge in [0.15, 0.2) is 0 Å². The molecule has 0 bridgehead atoms. The molecule has 3 heteroatoms. The molecule has 0 unspecified atom stereocenters. The molecule has 1 atom stereocenters. The summed E-state index contributed by atoms with van der Waals surface area (Å²) in [6.45, 7) is 0. The molecule has 0 saturated carbocycles. The largest absolute Gasteiger partial charge is 0.421 e. The summed E-state index contributed by atoms with van der Waals surface area (Å²) in [6, 6.07) is 24.7. The monoisotopic (exact) mass is 262 g/mol. The molecule has 3 aromatic rings. The Bertz CT molecular complexity index is 679. The van der Waals surface area contributed by atoms with Gasteiger partial charge in [-0.25, -0.2) is 0 Å². The van der Waals surface area contributed by atoms with Crippen LogP contribution in [0.2, 0.25) is 0 Å². The van der Waals surface area contributed by atoms with Gasteiger partial charge in [0.05, 0.1) is 8.15 Å². The first kappa shape index (κ1) is 12.4. The summed E-state index contributed by atoms with van der Waals surface area (Å²) in [5.41, 5.74) is 0. The van der Waals surface area contributed by atoms with Crippen LogP contribution in [0.5, 0.6) is 0 Å². The van der Waals surface area contributed by atoms with Crippen LogP contribution < -0.4 is 10.6 Å². The van der Waals surface area contributed by atoms with E-state index in [0.717, 1.165) is 10.6 Å². The lowest BCUT2D eigenvalue weighted by Gasteiger charge is -2.18. The van der Waals surface area contributed by atoms with Gasteiger partial charge in [0.2, 0.25) is 0 Å². The molecule has 0 aliphatic carbocycles. The van der Waals surface area contributed by atoms with Crippen molar-refractivity contribution in [2.45, 2.75) is 0 Å². The summed E-state index contributed by atoms with van der Waals surface area (Å²) in [4.78, 5) is 0. The summed E-state index contributed by atoms with van der Waals surface area (Å²) >= 11 is 0. The molecule has 0 N–H and O–H groups in total. The maximum Gasteiger partial charge on any atom is 0.289 e. The highest BCUT2D eigenvalue weighted by Crippen LogP contribution is 2.36. The fourth-order valence-corrected chi connectivity index (χ4v) is 3.81. The third kappa shape index (κ3) is 2.42. The van der Waals surface area contributed by atoms with Crippen molar-refractivity contribution in [1.29, 1.82) is 0 Å². The highest BCUT2D eigenvalue weighted by atomic mass is 31.1. The molecule has 90 valence electrons. The topological polar surface area (TPSA) is 9.23 Å². The minimum absolute atomic E-state index is 0.971. The van der Waals surface area contributed by atoms with Crippen LogP contribution in [0.25, 0.3) is 10.8 Å². The van der Waals surface area contributed by atoms with Gasteiger partial charge >= 0.3 is 0 Å². The van der Waals surface area contributed by atoms with E-state index in [1.54, 1.807) is 0 Å². The normalized spacial score (nSPS) is 12.4. The van der Waals surface area contributed by atoms with Crippen molar-refractivity contribution in [3.8, 4) is 0 Å². The quantitative estimate of drug-likeness (QED) is 0.520. The SMILES string of the molecule is [B]O[P@](c1ccccc1)c1cccc2ccccc12. The Kier molecular flexibility index (Phi) is 3.63. The molecule has 2 radical (unpaired) electrons. The van der Waals surface area contributed by atoms with E-state index in [4.69, 9.17) is 12.5 Å². The molecule has 3 aromatic carbocycles. The van der Waals surface area contributed by atoms with E-state index in [1.165, 1.54) is 10.8 Å². The van der Waals surface area contributed by atoms with Crippen molar-refractivity contribution >= 4 is 37.6 Å². The Morgan fingerprint density at radius 2 is 1.42 bits per heavy atom. The highest BCUT2D eigenvalue weighted by Gasteiger charge is 2.15. The second-order valence-corrected chi connectivity index (χ2v) is 6.03. The van der Waals surface area contributed by atoms with E-state index in [-0.39, 0.29) is 0 Å². The highest BCUT2D eigenvalue weighted by molar-refractivity contribution is 7.69. The maximum atomic E-state index is 5.56. The molecule has 0 fully saturated rings. The average Bonchev–Trinajstić information content (AvgIpc) is 2.49. The van der Waals surface area contributed by atoms with Gasteiger partial charge in [-0.2, -0.15) is 0 Å². The van der Waals surface area contributed by atoms with E-state index >= 15 is 0 Å². The second kappa shape index (κ2) is 5.56. The Balaban J connectivity index is 2.17. The summed E-state index contributed by atoms with van der Waals surface area (Å²) in [5.74, 6) is 0. The van der Waals surface area contributed by atoms with Gasteiger partial charge in [0.1, 0.15) is 0 Å². The van der Waals surface area contributed by atoms with Crippen molar-refractivity contribution in [1.82, 2.24) is 0 Å². The van der Waals surface area contributed by atoms with Crippen molar-refractivity contribution in [2.24, 2.45) is 0 Å². The molecule has 3 rings (SSSR count). The van der Waals surface area contributed by atoms with Crippen molar-refractivity contribution < 1.29 is 4.44 Å². The maximum absolute atomic E-state index is 5.56. The molecule has 0 aliphatic rings. The molecular weight excluding hydrogens is 250 g/mol. The number of benzene rings is 3. The van der Waals surface area contributed by atoms with Crippen LogP contribution in [0.4, 0.5) is 0 Å². The van der Waals surface area contributed by atoms with Crippen molar-refractivity contribution in [2.75, 3.05) is 0 Å². The fraction of sp³-hybridized carbons (Fsp3) is 0. The summed E-state index contributed by atoms with van der Waals surface area (Å²) in [7, 11) is 4.59. The average molecular weight is 262 g/mol. The van der Waals surface area contributed by atoms with Crippen LogP contribution in [0.15, 0.2) is 72.8 Å². The zero-order valence-corrected chi connectivity index (χ0v) is 11.3. The van der Waals surface area contributed by atoms with Gasteiger partial charge in [-0.15, -0.1) is 0 Å². The van der Waals surface area contributed by atoms with E-state index in [1.807, 2.05) is 30.3 Å². The summed E-state index contributed by atoms with van der Waals surface area (Å²) in [5, 5.41) is 4.68. The molecule has 19 heavy (non-hydrogen) atoms. The third-order valence-electron chi connectivity index (χ3n) is 3.08. The zero-order valence-electron chi connectivity index (χ0n) is 10.4. The molecule has 0 amide bonds. The predicted molar refractivity (Wildman–Crippen MR) is 83.4 cm³/mol. The van der Waals surface area contributed by atoms with Crippen LogP contribution in [-0.2, 0) is 4.44 Å². The third-order valence-corrected chi connectivity index (χ3v) is 4.89. The number of rotatable bonds is 3. The Labute approximate surface area is 115 Å². The number of fused-ring (bicyclic) bond motifs is 1. The van der Waals surface area contributed by atoms with Crippen LogP contribution in [0.3, 0.4) is 0 Å². The van der Waals surface area contributed by atoms with Gasteiger partial charge in [0.25, 0.3) is 8.05 Å². The van der Waals surface area contributed by atoms with Gasteiger partial charge in [0, 0.05) is 10.6 Å². The van der Waals surface area contributed by atoms with Crippen LogP contribution in [0.1, 0.15) is 0 Å². The lowest BCUT2D eigenvalue weighted by Crippen LogP contribution is -2.13. The van der Waals surface area contributed by atoms with E-state index in [9.17, 15) is 0 Å². The molecule has 1 nitrogen and oxygen atoms in total. The zero-order chi connectivity index (χ0) is 13.1. The fourth-order valence-electron chi connectivity index (χ4n) is 2.21. The predicted octanol–water partition coefficient (Wildman–Crippen LogP) is 3.29. The van der Waals surface area contributed by atoms with E-state index in [2.05, 4.69) is 42.5 Å². The number of hydrogen-bond acceptors (Lipinski definition) is 1. The summed E-state index contributed by atoms with van der Waals surface area (Å²) in [6.07, 6.45) is 0. The first-order chi connectivity index (χ1) is 9.40. The molecule has 0 aromatic heterocycles. The van der Waals surface area contributed by atoms with Crippen molar-refractivity contribution in [3.05, 3.63) is 72.8 Å². The Morgan fingerprint density at radius 1 is 0.737 bits per heavy atom. The van der Waals surface area contributed by atoms with E-state index < -0.39 is 8.15 Å².